The molecule has 0 aromatic carbocycles. The molecule has 1 saturated heterocycles. The number of rotatable bonds is 2. The van der Waals surface area contributed by atoms with Gasteiger partial charge in [-0.05, 0) is 6.42 Å². The second-order valence-electron chi connectivity index (χ2n) is 3.97. The molecule has 3 N–H and O–H groups in total. The predicted molar refractivity (Wildman–Crippen MR) is 57.5 cm³/mol. The number of H-pyrrole nitrogens is 1. The highest BCUT2D eigenvalue weighted by atomic mass is 16.6. The summed E-state index contributed by atoms with van der Waals surface area (Å²) < 4.78 is 6.44. The van der Waals surface area contributed by atoms with Gasteiger partial charge >= 0.3 is 5.69 Å². The van der Waals surface area contributed by atoms with Crippen LogP contribution in [0, 0.1) is 0 Å². The third kappa shape index (κ3) is 2.04. The molecule has 1 aliphatic rings. The van der Waals surface area contributed by atoms with Gasteiger partial charge in [0.15, 0.2) is 6.23 Å². The fourth-order valence-corrected chi connectivity index (χ4v) is 1.92. The second-order valence-corrected chi connectivity index (χ2v) is 3.97. The molecular formula is C10H14N2O5. The van der Waals surface area contributed by atoms with E-state index >= 15 is 0 Å². The van der Waals surface area contributed by atoms with E-state index in [4.69, 9.17) is 4.74 Å². The average Bonchev–Trinajstić information content (AvgIpc) is 2.57. The Morgan fingerprint density at radius 2 is 2.12 bits per heavy atom. The van der Waals surface area contributed by atoms with Gasteiger partial charge in [-0.3, -0.25) is 14.3 Å². The van der Waals surface area contributed by atoms with Crippen molar-refractivity contribution in [3.8, 4) is 0 Å². The van der Waals surface area contributed by atoms with Gasteiger partial charge in [0.2, 0.25) is 0 Å². The molecule has 7 heteroatoms. The van der Waals surface area contributed by atoms with Gasteiger partial charge < -0.3 is 14.9 Å². The van der Waals surface area contributed by atoms with Crippen molar-refractivity contribution in [3.05, 3.63) is 33.1 Å². The summed E-state index contributed by atoms with van der Waals surface area (Å²) in [6.07, 6.45) is -1.97. The Bertz CT molecular complexity index is 508. The van der Waals surface area contributed by atoms with Crippen LogP contribution in [0.25, 0.3) is 0 Å². The zero-order chi connectivity index (χ0) is 12.6. The van der Waals surface area contributed by atoms with Crippen LogP contribution in [0.4, 0.5) is 0 Å². The van der Waals surface area contributed by atoms with E-state index in [0.717, 1.165) is 10.6 Å². The van der Waals surface area contributed by atoms with Crippen LogP contribution in [-0.2, 0) is 4.74 Å². The number of ether oxygens (including phenoxy) is 1. The molecule has 0 spiro atoms. The Kier molecular flexibility index (Phi) is 3.14. The molecule has 1 aromatic heterocycles. The zero-order valence-electron chi connectivity index (χ0n) is 9.24. The molecule has 4 atom stereocenters. The molecular weight excluding hydrogens is 228 g/mol. The highest BCUT2D eigenvalue weighted by Gasteiger charge is 2.42. The monoisotopic (exact) mass is 242 g/mol. The van der Waals surface area contributed by atoms with Crippen molar-refractivity contribution in [1.82, 2.24) is 9.55 Å². The minimum absolute atomic E-state index is 0.520. The maximum absolute atomic E-state index is 11.5. The van der Waals surface area contributed by atoms with Gasteiger partial charge in [0, 0.05) is 12.3 Å². The highest BCUT2D eigenvalue weighted by molar-refractivity contribution is 4.92. The smallest absolute Gasteiger partial charge is 0.330 e. The summed E-state index contributed by atoms with van der Waals surface area (Å²) >= 11 is 0. The SMILES string of the molecule is CC[C@H]1O[C@@H](n2ccc(=O)[nH]c2=O)C(O)C1O. The molecule has 2 heterocycles. The van der Waals surface area contributed by atoms with Crippen molar-refractivity contribution >= 4 is 0 Å². The Morgan fingerprint density at radius 1 is 1.41 bits per heavy atom. The van der Waals surface area contributed by atoms with E-state index in [9.17, 15) is 19.8 Å². The van der Waals surface area contributed by atoms with Gasteiger partial charge in [0.25, 0.3) is 5.56 Å². The first-order valence-corrected chi connectivity index (χ1v) is 5.37. The normalized spacial score (nSPS) is 32.9. The van der Waals surface area contributed by atoms with Crippen molar-refractivity contribution in [2.24, 2.45) is 0 Å². The molecule has 2 rings (SSSR count). The fourth-order valence-electron chi connectivity index (χ4n) is 1.92. The molecule has 0 amide bonds. The van der Waals surface area contributed by atoms with E-state index in [1.165, 1.54) is 6.20 Å². The topological polar surface area (TPSA) is 105 Å². The maximum atomic E-state index is 11.5. The fraction of sp³-hybridized carbons (Fsp3) is 0.600. The number of nitrogens with one attached hydrogen (secondary N) is 1. The Hall–Kier alpha value is -1.44. The van der Waals surface area contributed by atoms with Crippen LogP contribution in [-0.4, -0.2) is 38.1 Å². The molecule has 0 saturated carbocycles. The molecule has 0 radical (unpaired) electrons. The van der Waals surface area contributed by atoms with Gasteiger partial charge in [0.1, 0.15) is 12.2 Å². The number of hydrogen-bond acceptors (Lipinski definition) is 5. The van der Waals surface area contributed by atoms with Crippen LogP contribution in [0.2, 0.25) is 0 Å². The molecule has 94 valence electrons. The second kappa shape index (κ2) is 4.44. The van der Waals surface area contributed by atoms with Crippen LogP contribution in [0.3, 0.4) is 0 Å². The number of nitrogens with zero attached hydrogens (tertiary/aromatic N) is 1. The Balaban J connectivity index is 2.35. The molecule has 0 aliphatic carbocycles. The van der Waals surface area contributed by atoms with Gasteiger partial charge in [-0.25, -0.2) is 4.79 Å². The first kappa shape index (κ1) is 12.0. The zero-order valence-corrected chi connectivity index (χ0v) is 9.24. The van der Waals surface area contributed by atoms with Crippen LogP contribution >= 0.6 is 0 Å². The standard InChI is InChI=1S/C10H14N2O5/c1-2-5-7(14)8(15)9(17-5)12-4-3-6(13)11-10(12)16/h3-5,7-9,14-15H,2H2,1H3,(H,11,13,16)/t5-,7?,8?,9-/m1/s1. The number of aliphatic hydroxyl groups is 2. The van der Waals surface area contributed by atoms with Crippen LogP contribution in [0.15, 0.2) is 21.9 Å². The summed E-state index contributed by atoms with van der Waals surface area (Å²) in [5.74, 6) is 0. The third-order valence-electron chi connectivity index (χ3n) is 2.86. The minimum atomic E-state index is -1.19. The maximum Gasteiger partial charge on any atom is 0.330 e. The lowest BCUT2D eigenvalue weighted by atomic mass is 10.1. The van der Waals surface area contributed by atoms with E-state index in [-0.39, 0.29) is 0 Å². The first-order valence-electron chi connectivity index (χ1n) is 5.37. The summed E-state index contributed by atoms with van der Waals surface area (Å²) in [4.78, 5) is 24.5. The molecule has 1 fully saturated rings. The van der Waals surface area contributed by atoms with Gasteiger partial charge in [-0.2, -0.15) is 0 Å². The summed E-state index contributed by atoms with van der Waals surface area (Å²) in [5, 5.41) is 19.5. The first-order chi connectivity index (χ1) is 8.04. The van der Waals surface area contributed by atoms with Gasteiger partial charge in [-0.15, -0.1) is 0 Å². The minimum Gasteiger partial charge on any atom is -0.388 e. The number of aromatic nitrogens is 2. The highest BCUT2D eigenvalue weighted by Crippen LogP contribution is 2.29. The van der Waals surface area contributed by atoms with E-state index in [2.05, 4.69) is 4.98 Å². The van der Waals surface area contributed by atoms with Gasteiger partial charge in [0.05, 0.1) is 6.10 Å². The lowest BCUT2D eigenvalue weighted by Crippen LogP contribution is -2.37. The number of aliphatic hydroxyl groups excluding tert-OH is 2. The van der Waals surface area contributed by atoms with Crippen LogP contribution < -0.4 is 11.2 Å². The van der Waals surface area contributed by atoms with Crippen molar-refractivity contribution < 1.29 is 14.9 Å². The Morgan fingerprint density at radius 3 is 2.65 bits per heavy atom. The Labute approximate surface area is 96.3 Å². The van der Waals surface area contributed by atoms with E-state index in [1.54, 1.807) is 6.92 Å². The van der Waals surface area contributed by atoms with Crippen molar-refractivity contribution in [2.45, 2.75) is 37.9 Å². The lowest BCUT2D eigenvalue weighted by molar-refractivity contribution is -0.0405. The number of aromatic amines is 1. The molecule has 0 bridgehead atoms. The average molecular weight is 242 g/mol. The largest absolute Gasteiger partial charge is 0.388 e. The molecule has 17 heavy (non-hydrogen) atoms. The summed E-state index contributed by atoms with van der Waals surface area (Å²) in [7, 11) is 0. The van der Waals surface area contributed by atoms with Crippen molar-refractivity contribution in [3.63, 3.8) is 0 Å². The molecule has 2 unspecified atom stereocenters. The summed E-state index contributed by atoms with van der Waals surface area (Å²) in [6, 6.07) is 1.16. The van der Waals surface area contributed by atoms with E-state index in [0.29, 0.717) is 6.42 Å². The van der Waals surface area contributed by atoms with Gasteiger partial charge in [-0.1, -0.05) is 6.92 Å². The molecule has 7 nitrogen and oxygen atoms in total. The predicted octanol–water partition coefficient (Wildman–Crippen LogP) is -1.43. The van der Waals surface area contributed by atoms with Crippen molar-refractivity contribution in [2.75, 3.05) is 0 Å². The van der Waals surface area contributed by atoms with Crippen LogP contribution in [0.5, 0.6) is 0 Å². The van der Waals surface area contributed by atoms with E-state index < -0.39 is 35.8 Å². The summed E-state index contributed by atoms with van der Waals surface area (Å²) in [6.45, 7) is 1.80. The van der Waals surface area contributed by atoms with Crippen LogP contribution in [0.1, 0.15) is 19.6 Å². The lowest BCUT2D eigenvalue weighted by Gasteiger charge is -2.16. The van der Waals surface area contributed by atoms with E-state index in [1.807, 2.05) is 0 Å². The van der Waals surface area contributed by atoms with Crippen molar-refractivity contribution in [1.29, 1.82) is 0 Å². The molecule has 1 aromatic rings. The quantitative estimate of drug-likeness (QED) is 0.589. The summed E-state index contributed by atoms with van der Waals surface area (Å²) in [5.41, 5.74) is -1.20. The number of hydrogen-bond donors (Lipinski definition) is 3. The third-order valence-corrected chi connectivity index (χ3v) is 2.86. The molecule has 1 aliphatic heterocycles.